The third-order valence-electron chi connectivity index (χ3n) is 3.34. The molecule has 1 saturated carbocycles. The molecule has 0 aromatic carbocycles. The first-order chi connectivity index (χ1) is 9.17. The van der Waals surface area contributed by atoms with Crippen LogP contribution in [0.25, 0.3) is 0 Å². The van der Waals surface area contributed by atoms with Gasteiger partial charge in [-0.15, -0.1) is 0 Å². The molecule has 0 saturated heterocycles. The zero-order valence-corrected chi connectivity index (χ0v) is 11.3. The Bertz CT molecular complexity index is 367. The number of hydrogen-bond acceptors (Lipinski definition) is 2. The van der Waals surface area contributed by atoms with Gasteiger partial charge in [0.1, 0.15) is 13.1 Å². The lowest BCUT2D eigenvalue weighted by atomic mass is 10.0. The Kier molecular flexibility index (Phi) is 5.24. The maximum Gasteiger partial charge on any atom is 0.406 e. The van der Waals surface area contributed by atoms with E-state index >= 15 is 0 Å². The van der Waals surface area contributed by atoms with Crippen molar-refractivity contribution in [3.63, 3.8) is 0 Å². The summed E-state index contributed by atoms with van der Waals surface area (Å²) in [7, 11) is 0. The second kappa shape index (κ2) is 6.32. The van der Waals surface area contributed by atoms with Gasteiger partial charge in [-0.2, -0.15) is 13.2 Å². The van der Waals surface area contributed by atoms with Crippen molar-refractivity contribution in [2.45, 2.75) is 38.8 Å². The van der Waals surface area contributed by atoms with E-state index in [4.69, 9.17) is 5.11 Å². The smallest absolute Gasteiger partial charge is 0.406 e. The number of urea groups is 1. The van der Waals surface area contributed by atoms with E-state index in [9.17, 15) is 22.8 Å². The molecule has 5 nitrogen and oxygen atoms in total. The molecular weight excluding hydrogens is 277 g/mol. The lowest BCUT2D eigenvalue weighted by molar-refractivity contribution is -0.148. The molecule has 0 heterocycles. The first kappa shape index (κ1) is 16.6. The summed E-state index contributed by atoms with van der Waals surface area (Å²) in [6.45, 7) is -0.228. The fourth-order valence-corrected chi connectivity index (χ4v) is 2.18. The summed E-state index contributed by atoms with van der Waals surface area (Å²) in [5.74, 6) is -1.47. The molecule has 1 aliphatic carbocycles. The number of carboxylic acid groups (broad SMARTS) is 1. The van der Waals surface area contributed by atoms with Crippen LogP contribution in [-0.2, 0) is 4.79 Å². The number of amides is 2. The van der Waals surface area contributed by atoms with E-state index in [1.165, 1.54) is 0 Å². The van der Waals surface area contributed by atoms with Gasteiger partial charge in [0.2, 0.25) is 0 Å². The van der Waals surface area contributed by atoms with Crippen LogP contribution in [0.2, 0.25) is 0 Å². The summed E-state index contributed by atoms with van der Waals surface area (Å²) in [6, 6.07) is -0.980. The van der Waals surface area contributed by atoms with Crippen LogP contribution in [0, 0.1) is 5.41 Å². The standard InChI is InChI=1S/C12H19F3N2O3/c1-2-3-11(4-5-11)7-16-10(20)17(6-9(18)19)8-12(13,14)15/h2-8H2,1H3,(H,16,20)(H,18,19). The van der Waals surface area contributed by atoms with Crippen LogP contribution in [0.1, 0.15) is 32.6 Å². The van der Waals surface area contributed by atoms with Gasteiger partial charge in [0.25, 0.3) is 0 Å². The first-order valence-electron chi connectivity index (χ1n) is 6.49. The second-order valence-corrected chi connectivity index (χ2v) is 5.27. The number of carbonyl (C=O) groups is 2. The largest absolute Gasteiger partial charge is 0.480 e. The average Bonchev–Trinajstić information content (AvgIpc) is 3.03. The number of carbonyl (C=O) groups excluding carboxylic acids is 1. The molecule has 2 amide bonds. The summed E-state index contributed by atoms with van der Waals surface area (Å²) in [4.78, 5) is 22.5. The van der Waals surface area contributed by atoms with Gasteiger partial charge in [0.05, 0.1) is 0 Å². The molecule has 0 radical (unpaired) electrons. The minimum Gasteiger partial charge on any atom is -0.480 e. The predicted molar refractivity (Wildman–Crippen MR) is 65.2 cm³/mol. The minimum atomic E-state index is -4.62. The third kappa shape index (κ3) is 5.66. The molecule has 1 rings (SSSR count). The molecule has 116 valence electrons. The molecule has 1 fully saturated rings. The van der Waals surface area contributed by atoms with E-state index < -0.39 is 31.3 Å². The Morgan fingerprint density at radius 3 is 2.35 bits per heavy atom. The molecule has 0 aliphatic heterocycles. The summed E-state index contributed by atoms with van der Waals surface area (Å²) >= 11 is 0. The molecule has 0 bridgehead atoms. The highest BCUT2D eigenvalue weighted by atomic mass is 19.4. The van der Waals surface area contributed by atoms with E-state index in [-0.39, 0.29) is 10.3 Å². The van der Waals surface area contributed by atoms with Crippen LogP contribution in [0.3, 0.4) is 0 Å². The SMILES string of the molecule is CCCC1(CNC(=O)N(CC(=O)O)CC(F)(F)F)CC1. The second-order valence-electron chi connectivity index (χ2n) is 5.27. The van der Waals surface area contributed by atoms with Gasteiger partial charge < -0.3 is 15.3 Å². The highest BCUT2D eigenvalue weighted by Gasteiger charge is 2.42. The average molecular weight is 296 g/mol. The van der Waals surface area contributed by atoms with E-state index in [0.717, 1.165) is 25.7 Å². The highest BCUT2D eigenvalue weighted by molar-refractivity contribution is 5.80. The van der Waals surface area contributed by atoms with Crippen molar-refractivity contribution in [2.75, 3.05) is 19.6 Å². The maximum absolute atomic E-state index is 12.3. The minimum absolute atomic E-state index is 0.00244. The Balaban J connectivity index is 2.52. The van der Waals surface area contributed by atoms with E-state index in [1.807, 2.05) is 6.92 Å². The van der Waals surface area contributed by atoms with Crippen molar-refractivity contribution in [1.82, 2.24) is 10.2 Å². The number of alkyl halides is 3. The van der Waals surface area contributed by atoms with Gasteiger partial charge in [-0.05, 0) is 24.7 Å². The molecule has 0 atom stereocenters. The summed E-state index contributed by atoms with van der Waals surface area (Å²) in [6.07, 6.45) is -0.880. The summed E-state index contributed by atoms with van der Waals surface area (Å²) in [5.41, 5.74) is -0.00244. The molecule has 0 aromatic rings. The Labute approximate surface area is 115 Å². The zero-order valence-electron chi connectivity index (χ0n) is 11.3. The number of aliphatic carboxylic acids is 1. The molecule has 2 N–H and O–H groups in total. The molecule has 0 aromatic heterocycles. The van der Waals surface area contributed by atoms with E-state index in [2.05, 4.69) is 5.32 Å². The topological polar surface area (TPSA) is 69.6 Å². The summed E-state index contributed by atoms with van der Waals surface area (Å²) in [5, 5.41) is 11.0. The molecule has 1 aliphatic rings. The van der Waals surface area contributed by atoms with Gasteiger partial charge in [-0.1, -0.05) is 13.3 Å². The number of hydrogen-bond donors (Lipinski definition) is 2. The van der Waals surface area contributed by atoms with Crippen LogP contribution in [0.5, 0.6) is 0 Å². The van der Waals surface area contributed by atoms with E-state index in [1.54, 1.807) is 0 Å². The first-order valence-corrected chi connectivity index (χ1v) is 6.49. The van der Waals surface area contributed by atoms with Crippen LogP contribution < -0.4 is 5.32 Å². The molecular formula is C12H19F3N2O3. The maximum atomic E-state index is 12.3. The fraction of sp³-hybridized carbons (Fsp3) is 0.833. The van der Waals surface area contributed by atoms with Crippen molar-refractivity contribution < 1.29 is 27.9 Å². The van der Waals surface area contributed by atoms with Gasteiger partial charge in [0.15, 0.2) is 0 Å². The predicted octanol–water partition coefficient (Wildman–Crippen LogP) is 2.23. The molecule has 8 heteroatoms. The van der Waals surface area contributed by atoms with Crippen LogP contribution in [-0.4, -0.2) is 47.8 Å². The molecule has 20 heavy (non-hydrogen) atoms. The third-order valence-corrected chi connectivity index (χ3v) is 3.34. The number of nitrogens with one attached hydrogen (secondary N) is 1. The van der Waals surface area contributed by atoms with Crippen molar-refractivity contribution in [3.8, 4) is 0 Å². The van der Waals surface area contributed by atoms with Crippen LogP contribution in [0.4, 0.5) is 18.0 Å². The van der Waals surface area contributed by atoms with Crippen molar-refractivity contribution in [3.05, 3.63) is 0 Å². The number of nitrogens with zero attached hydrogens (tertiary/aromatic N) is 1. The highest BCUT2D eigenvalue weighted by Crippen LogP contribution is 2.48. The molecule has 0 spiro atoms. The Morgan fingerprint density at radius 1 is 1.35 bits per heavy atom. The van der Waals surface area contributed by atoms with Gasteiger partial charge in [-0.3, -0.25) is 4.79 Å². The fourth-order valence-electron chi connectivity index (χ4n) is 2.18. The lowest BCUT2D eigenvalue weighted by Crippen LogP contribution is -2.48. The van der Waals surface area contributed by atoms with Crippen LogP contribution >= 0.6 is 0 Å². The lowest BCUT2D eigenvalue weighted by Gasteiger charge is -2.24. The number of rotatable bonds is 7. The quantitative estimate of drug-likeness (QED) is 0.757. The van der Waals surface area contributed by atoms with E-state index in [0.29, 0.717) is 6.54 Å². The van der Waals surface area contributed by atoms with Gasteiger partial charge in [0, 0.05) is 6.54 Å². The monoisotopic (exact) mass is 296 g/mol. The normalized spacial score (nSPS) is 16.6. The van der Waals surface area contributed by atoms with Crippen LogP contribution in [0.15, 0.2) is 0 Å². The summed E-state index contributed by atoms with van der Waals surface area (Å²) < 4.78 is 36.9. The van der Waals surface area contributed by atoms with Gasteiger partial charge >= 0.3 is 18.2 Å². The number of carboxylic acids is 1. The van der Waals surface area contributed by atoms with Gasteiger partial charge in [-0.25, -0.2) is 4.79 Å². The Morgan fingerprint density at radius 2 is 1.95 bits per heavy atom. The van der Waals surface area contributed by atoms with Crippen molar-refractivity contribution in [1.29, 1.82) is 0 Å². The van der Waals surface area contributed by atoms with Crippen molar-refractivity contribution >= 4 is 12.0 Å². The van der Waals surface area contributed by atoms with Crippen molar-refractivity contribution in [2.24, 2.45) is 5.41 Å². The Hall–Kier alpha value is -1.47. The zero-order chi connectivity index (χ0) is 15.4. The number of halogens is 3. The molecule has 0 unspecified atom stereocenters.